The number of carbonyl (C=O) groups excluding carboxylic acids is 1. The molecule has 0 bridgehead atoms. The Hall–Kier alpha value is -3.17. The zero-order chi connectivity index (χ0) is 17.6. The van der Waals surface area contributed by atoms with Gasteiger partial charge in [-0.3, -0.25) is 4.79 Å². The summed E-state index contributed by atoms with van der Waals surface area (Å²) in [6.07, 6.45) is 4.88. The van der Waals surface area contributed by atoms with Crippen molar-refractivity contribution in [1.82, 2.24) is 9.78 Å². The number of benzene rings is 2. The molecule has 122 valence electrons. The van der Waals surface area contributed by atoms with Crippen molar-refractivity contribution in [3.05, 3.63) is 82.6 Å². The first-order valence-electron chi connectivity index (χ1n) is 7.45. The molecule has 0 spiro atoms. The van der Waals surface area contributed by atoms with Crippen molar-refractivity contribution in [3.8, 4) is 11.8 Å². The van der Waals surface area contributed by atoms with Gasteiger partial charge in [0.25, 0.3) is 5.91 Å². The normalized spacial score (nSPS) is 11.0. The van der Waals surface area contributed by atoms with Crippen molar-refractivity contribution < 1.29 is 4.79 Å². The zero-order valence-electron chi connectivity index (χ0n) is 13.1. The fraction of sp³-hybridized carbons (Fsp3) is 0. The van der Waals surface area contributed by atoms with Gasteiger partial charge in [0.15, 0.2) is 0 Å². The lowest BCUT2D eigenvalue weighted by Gasteiger charge is -2.05. The molecule has 25 heavy (non-hydrogen) atoms. The predicted molar refractivity (Wildman–Crippen MR) is 99.9 cm³/mol. The minimum Gasteiger partial charge on any atom is -0.320 e. The molecule has 1 amide bonds. The minimum absolute atomic E-state index is 0.00312. The lowest BCUT2D eigenvalue weighted by Crippen LogP contribution is -2.13. The largest absolute Gasteiger partial charge is 0.320 e. The van der Waals surface area contributed by atoms with Gasteiger partial charge in [-0.1, -0.05) is 30.3 Å². The van der Waals surface area contributed by atoms with Crippen molar-refractivity contribution in [2.75, 3.05) is 5.32 Å². The molecule has 0 aliphatic rings. The molecule has 0 saturated heterocycles. The zero-order valence-corrected chi connectivity index (χ0v) is 14.6. The first-order chi connectivity index (χ1) is 12.2. The van der Waals surface area contributed by atoms with E-state index in [1.165, 1.54) is 6.08 Å². The lowest BCUT2D eigenvalue weighted by atomic mass is 10.2. The molecular weight excluding hydrogens is 380 g/mol. The summed E-state index contributed by atoms with van der Waals surface area (Å²) in [4.78, 5) is 12.3. The molecule has 0 aliphatic carbocycles. The highest BCUT2D eigenvalue weighted by atomic mass is 79.9. The van der Waals surface area contributed by atoms with Crippen molar-refractivity contribution in [3.63, 3.8) is 0 Å². The highest BCUT2D eigenvalue weighted by molar-refractivity contribution is 9.10. The molecular formula is C19H13BrN4O. The van der Waals surface area contributed by atoms with Crippen molar-refractivity contribution >= 4 is 33.6 Å². The monoisotopic (exact) mass is 392 g/mol. The van der Waals surface area contributed by atoms with E-state index >= 15 is 0 Å². The summed E-state index contributed by atoms with van der Waals surface area (Å²) in [5, 5.41) is 16.3. The Morgan fingerprint density at radius 1 is 1.16 bits per heavy atom. The van der Waals surface area contributed by atoms with Gasteiger partial charge in [-0.05, 0) is 46.3 Å². The number of nitrogens with one attached hydrogen (secondary N) is 1. The third-order valence-corrected chi connectivity index (χ3v) is 4.11. The van der Waals surface area contributed by atoms with Crippen LogP contribution in [0, 0.1) is 11.3 Å². The van der Waals surface area contributed by atoms with Crippen LogP contribution in [0.4, 0.5) is 5.69 Å². The van der Waals surface area contributed by atoms with E-state index in [0.717, 1.165) is 10.2 Å². The highest BCUT2D eigenvalue weighted by Gasteiger charge is 2.11. The molecule has 0 fully saturated rings. The number of halogens is 1. The Morgan fingerprint density at radius 3 is 2.60 bits per heavy atom. The SMILES string of the molecule is N#C/C(=C/c1cnn(-c2ccccc2)c1)C(=O)Nc1ccccc1Br. The summed E-state index contributed by atoms with van der Waals surface area (Å²) >= 11 is 3.36. The maximum Gasteiger partial charge on any atom is 0.266 e. The molecule has 3 aromatic rings. The Balaban J connectivity index is 1.81. The molecule has 0 radical (unpaired) electrons. The third kappa shape index (κ3) is 4.03. The van der Waals surface area contributed by atoms with E-state index in [1.807, 2.05) is 48.5 Å². The fourth-order valence-electron chi connectivity index (χ4n) is 2.20. The molecule has 2 aromatic carbocycles. The van der Waals surface area contributed by atoms with E-state index in [4.69, 9.17) is 0 Å². The van der Waals surface area contributed by atoms with Gasteiger partial charge in [0.2, 0.25) is 0 Å². The Kier molecular flexibility index (Phi) is 5.07. The maximum atomic E-state index is 12.3. The number of nitrogens with zero attached hydrogens (tertiary/aromatic N) is 3. The Labute approximate surface area is 153 Å². The lowest BCUT2D eigenvalue weighted by molar-refractivity contribution is -0.112. The van der Waals surface area contributed by atoms with Crippen LogP contribution in [-0.2, 0) is 4.79 Å². The van der Waals surface area contributed by atoms with E-state index in [0.29, 0.717) is 11.3 Å². The quantitative estimate of drug-likeness (QED) is 0.534. The van der Waals surface area contributed by atoms with E-state index in [2.05, 4.69) is 26.3 Å². The van der Waals surface area contributed by atoms with Crippen LogP contribution in [0.2, 0.25) is 0 Å². The van der Waals surface area contributed by atoms with Crippen molar-refractivity contribution in [2.45, 2.75) is 0 Å². The second kappa shape index (κ2) is 7.60. The first-order valence-corrected chi connectivity index (χ1v) is 8.24. The van der Waals surface area contributed by atoms with Crippen LogP contribution in [0.1, 0.15) is 5.56 Å². The number of nitriles is 1. The van der Waals surface area contributed by atoms with Crippen LogP contribution in [0.3, 0.4) is 0 Å². The van der Waals surface area contributed by atoms with Gasteiger partial charge in [-0.15, -0.1) is 0 Å². The highest BCUT2D eigenvalue weighted by Crippen LogP contribution is 2.22. The van der Waals surface area contributed by atoms with Gasteiger partial charge in [-0.25, -0.2) is 4.68 Å². The van der Waals surface area contributed by atoms with Crippen LogP contribution in [-0.4, -0.2) is 15.7 Å². The number of rotatable bonds is 4. The maximum absolute atomic E-state index is 12.3. The Morgan fingerprint density at radius 2 is 1.88 bits per heavy atom. The molecule has 1 N–H and O–H groups in total. The van der Waals surface area contributed by atoms with Gasteiger partial charge < -0.3 is 5.32 Å². The van der Waals surface area contributed by atoms with E-state index < -0.39 is 5.91 Å². The molecule has 0 aliphatic heterocycles. The summed E-state index contributed by atoms with van der Waals surface area (Å²) in [5.41, 5.74) is 2.18. The minimum atomic E-state index is -0.470. The van der Waals surface area contributed by atoms with Gasteiger partial charge >= 0.3 is 0 Å². The summed E-state index contributed by atoms with van der Waals surface area (Å²) in [6.45, 7) is 0. The first kappa shape index (κ1) is 16.7. The van der Waals surface area contributed by atoms with Gasteiger partial charge in [0.1, 0.15) is 11.6 Å². The van der Waals surface area contributed by atoms with Crippen molar-refractivity contribution in [1.29, 1.82) is 5.26 Å². The molecule has 0 atom stereocenters. The average molecular weight is 393 g/mol. The predicted octanol–water partition coefficient (Wildman–Crippen LogP) is 4.18. The summed E-state index contributed by atoms with van der Waals surface area (Å²) in [5.74, 6) is -0.470. The molecule has 1 heterocycles. The average Bonchev–Trinajstić information content (AvgIpc) is 3.11. The standard InChI is InChI=1S/C19H13BrN4O/c20-17-8-4-5-9-18(17)23-19(25)15(11-21)10-14-12-22-24(13-14)16-6-2-1-3-7-16/h1-10,12-13H,(H,23,25)/b15-10-. The van der Waals surface area contributed by atoms with Crippen LogP contribution >= 0.6 is 15.9 Å². The molecule has 1 aromatic heterocycles. The molecule has 5 nitrogen and oxygen atoms in total. The number of carbonyl (C=O) groups is 1. The van der Waals surface area contributed by atoms with Gasteiger partial charge in [0.05, 0.1) is 17.6 Å². The van der Waals surface area contributed by atoms with Crippen LogP contribution in [0.5, 0.6) is 0 Å². The topological polar surface area (TPSA) is 70.7 Å². The number of para-hydroxylation sites is 2. The fourth-order valence-corrected chi connectivity index (χ4v) is 2.58. The number of aromatic nitrogens is 2. The van der Waals surface area contributed by atoms with Crippen LogP contribution < -0.4 is 5.32 Å². The van der Waals surface area contributed by atoms with Crippen LogP contribution in [0.25, 0.3) is 11.8 Å². The molecule has 0 saturated carbocycles. The molecule has 6 heteroatoms. The van der Waals surface area contributed by atoms with Crippen molar-refractivity contribution in [2.24, 2.45) is 0 Å². The second-order valence-electron chi connectivity index (χ2n) is 5.16. The summed E-state index contributed by atoms with van der Waals surface area (Å²) < 4.78 is 2.43. The molecule has 3 rings (SSSR count). The second-order valence-corrected chi connectivity index (χ2v) is 6.01. The summed E-state index contributed by atoms with van der Waals surface area (Å²) in [6, 6.07) is 18.8. The van der Waals surface area contributed by atoms with Gasteiger partial charge in [-0.2, -0.15) is 10.4 Å². The van der Waals surface area contributed by atoms with E-state index in [-0.39, 0.29) is 5.57 Å². The molecule has 0 unspecified atom stereocenters. The number of amides is 1. The van der Waals surface area contributed by atoms with Crippen LogP contribution in [0.15, 0.2) is 77.0 Å². The van der Waals surface area contributed by atoms with Gasteiger partial charge in [0, 0.05) is 16.2 Å². The number of hydrogen-bond acceptors (Lipinski definition) is 3. The third-order valence-electron chi connectivity index (χ3n) is 3.42. The smallest absolute Gasteiger partial charge is 0.266 e. The summed E-state index contributed by atoms with van der Waals surface area (Å²) in [7, 11) is 0. The van der Waals surface area contributed by atoms with E-state index in [1.54, 1.807) is 29.2 Å². The Bertz CT molecular complexity index is 970. The van der Waals surface area contributed by atoms with E-state index in [9.17, 15) is 10.1 Å². The number of anilines is 1. The number of hydrogen-bond donors (Lipinski definition) is 1.